The number of hydrogen-bond acceptors (Lipinski definition) is 1. The van der Waals surface area contributed by atoms with E-state index in [2.05, 4.69) is 19.2 Å². The van der Waals surface area contributed by atoms with E-state index in [0.29, 0.717) is 6.04 Å². The van der Waals surface area contributed by atoms with Crippen LogP contribution < -0.4 is 5.32 Å². The Labute approximate surface area is 110 Å². The smallest absolute Gasteiger partial charge is 0.126 e. The number of aryl methyl sites for hydroxylation is 1. The van der Waals surface area contributed by atoms with Gasteiger partial charge in [-0.25, -0.2) is 4.39 Å². The average Bonchev–Trinajstić information content (AvgIpc) is 2.79. The zero-order chi connectivity index (χ0) is 13.1. The van der Waals surface area contributed by atoms with E-state index < -0.39 is 0 Å². The van der Waals surface area contributed by atoms with Gasteiger partial charge < -0.3 is 5.32 Å². The van der Waals surface area contributed by atoms with Gasteiger partial charge in [0.15, 0.2) is 0 Å². The minimum atomic E-state index is -0.0976. The molecule has 1 aromatic carbocycles. The van der Waals surface area contributed by atoms with Crippen LogP contribution in [-0.4, -0.2) is 6.04 Å². The van der Waals surface area contributed by atoms with E-state index in [1.165, 1.54) is 25.7 Å². The minimum Gasteiger partial charge on any atom is -0.307 e. The van der Waals surface area contributed by atoms with E-state index >= 15 is 0 Å². The van der Waals surface area contributed by atoms with Gasteiger partial charge in [0, 0.05) is 12.1 Å². The fourth-order valence-corrected chi connectivity index (χ4v) is 3.04. The summed E-state index contributed by atoms with van der Waals surface area (Å²) in [5.74, 6) is 0.697. The molecule has 3 unspecified atom stereocenters. The van der Waals surface area contributed by atoms with Crippen molar-refractivity contribution in [3.8, 4) is 0 Å². The Morgan fingerprint density at radius 3 is 2.83 bits per heavy atom. The largest absolute Gasteiger partial charge is 0.307 e. The first kappa shape index (κ1) is 13.5. The van der Waals surface area contributed by atoms with Crippen molar-refractivity contribution >= 4 is 0 Å². The summed E-state index contributed by atoms with van der Waals surface area (Å²) < 4.78 is 13.6. The summed E-state index contributed by atoms with van der Waals surface area (Å²) in [6.45, 7) is 6.21. The van der Waals surface area contributed by atoms with Crippen LogP contribution in [0.25, 0.3) is 0 Å². The van der Waals surface area contributed by atoms with Crippen molar-refractivity contribution in [2.75, 3.05) is 0 Å². The van der Waals surface area contributed by atoms with Gasteiger partial charge in [0.2, 0.25) is 0 Å². The molecule has 0 aliphatic heterocycles. The molecule has 1 fully saturated rings. The Morgan fingerprint density at radius 2 is 2.17 bits per heavy atom. The van der Waals surface area contributed by atoms with Crippen LogP contribution in [0.3, 0.4) is 0 Å². The summed E-state index contributed by atoms with van der Waals surface area (Å²) in [5, 5.41) is 3.68. The van der Waals surface area contributed by atoms with E-state index in [4.69, 9.17) is 0 Å². The van der Waals surface area contributed by atoms with Crippen LogP contribution in [0.2, 0.25) is 0 Å². The molecule has 0 spiro atoms. The Balaban J connectivity index is 2.02. The predicted octanol–water partition coefficient (Wildman–Crippen LogP) is 4.36. The van der Waals surface area contributed by atoms with Gasteiger partial charge in [0.1, 0.15) is 5.82 Å². The summed E-state index contributed by atoms with van der Waals surface area (Å²) in [6.07, 6.45) is 5.16. The maximum absolute atomic E-state index is 13.6. The van der Waals surface area contributed by atoms with Crippen LogP contribution in [0.1, 0.15) is 56.7 Å². The molecule has 2 rings (SSSR count). The normalized spacial score (nSPS) is 25.3. The van der Waals surface area contributed by atoms with Crippen molar-refractivity contribution in [1.82, 2.24) is 5.32 Å². The van der Waals surface area contributed by atoms with Gasteiger partial charge in [-0.05, 0) is 49.8 Å². The molecule has 1 aliphatic rings. The Kier molecular flexibility index (Phi) is 4.39. The van der Waals surface area contributed by atoms with E-state index in [9.17, 15) is 4.39 Å². The quantitative estimate of drug-likeness (QED) is 0.836. The molecule has 0 amide bonds. The zero-order valence-electron chi connectivity index (χ0n) is 11.7. The fourth-order valence-electron chi connectivity index (χ4n) is 3.04. The molecule has 0 aromatic heterocycles. The van der Waals surface area contributed by atoms with E-state index in [1.54, 1.807) is 13.0 Å². The molecule has 0 bridgehead atoms. The Bertz CT molecular complexity index is 402. The highest BCUT2D eigenvalue weighted by Crippen LogP contribution is 2.30. The van der Waals surface area contributed by atoms with Crippen molar-refractivity contribution in [2.45, 2.75) is 58.5 Å². The minimum absolute atomic E-state index is 0.0976. The molecule has 3 atom stereocenters. The third-order valence-electron chi connectivity index (χ3n) is 4.34. The lowest BCUT2D eigenvalue weighted by Gasteiger charge is -2.24. The van der Waals surface area contributed by atoms with Crippen molar-refractivity contribution < 1.29 is 4.39 Å². The predicted molar refractivity (Wildman–Crippen MR) is 74.1 cm³/mol. The molecule has 0 heterocycles. The highest BCUT2D eigenvalue weighted by atomic mass is 19.1. The van der Waals surface area contributed by atoms with Crippen LogP contribution in [0.4, 0.5) is 4.39 Å². The van der Waals surface area contributed by atoms with Crippen molar-refractivity contribution in [2.24, 2.45) is 5.92 Å². The molecule has 1 aromatic rings. The molecule has 0 saturated heterocycles. The monoisotopic (exact) mass is 249 g/mol. The second-order valence-electron chi connectivity index (χ2n) is 5.60. The molecule has 1 saturated carbocycles. The maximum Gasteiger partial charge on any atom is 0.126 e. The van der Waals surface area contributed by atoms with Gasteiger partial charge in [-0.3, -0.25) is 0 Å². The van der Waals surface area contributed by atoms with Gasteiger partial charge in [-0.1, -0.05) is 31.9 Å². The van der Waals surface area contributed by atoms with Gasteiger partial charge in [-0.2, -0.15) is 0 Å². The maximum atomic E-state index is 13.6. The molecule has 0 radical (unpaired) electrons. The first-order valence-electron chi connectivity index (χ1n) is 7.14. The van der Waals surface area contributed by atoms with Crippen LogP contribution in [-0.2, 0) is 0 Å². The number of rotatable bonds is 4. The molecule has 1 nitrogen and oxygen atoms in total. The highest BCUT2D eigenvalue weighted by molar-refractivity contribution is 5.25. The van der Waals surface area contributed by atoms with Crippen LogP contribution in [0.15, 0.2) is 18.2 Å². The summed E-state index contributed by atoms with van der Waals surface area (Å²) >= 11 is 0. The summed E-state index contributed by atoms with van der Waals surface area (Å²) in [5.41, 5.74) is 1.78. The van der Waals surface area contributed by atoms with E-state index in [0.717, 1.165) is 17.0 Å². The van der Waals surface area contributed by atoms with E-state index in [-0.39, 0.29) is 11.9 Å². The molecule has 18 heavy (non-hydrogen) atoms. The lowest BCUT2D eigenvalue weighted by molar-refractivity contribution is 0.360. The van der Waals surface area contributed by atoms with Crippen LogP contribution in [0, 0.1) is 18.7 Å². The molecule has 2 heteroatoms. The van der Waals surface area contributed by atoms with Crippen molar-refractivity contribution in [3.63, 3.8) is 0 Å². The molecule has 100 valence electrons. The molecule has 1 N–H and O–H groups in total. The van der Waals surface area contributed by atoms with Gasteiger partial charge >= 0.3 is 0 Å². The molecular formula is C16H24FN. The summed E-state index contributed by atoms with van der Waals surface area (Å²) in [4.78, 5) is 0. The van der Waals surface area contributed by atoms with Crippen LogP contribution >= 0.6 is 0 Å². The van der Waals surface area contributed by atoms with E-state index in [1.807, 2.05) is 12.1 Å². The standard InChI is InChI=1S/C16H24FN/c1-4-13-6-5-7-16(13)18-12(3)14-9-8-11(2)15(17)10-14/h8-10,12-13,16,18H,4-7H2,1-3H3. The second kappa shape index (κ2) is 5.83. The van der Waals surface area contributed by atoms with Crippen molar-refractivity contribution in [3.05, 3.63) is 35.1 Å². The van der Waals surface area contributed by atoms with Gasteiger partial charge in [0.25, 0.3) is 0 Å². The summed E-state index contributed by atoms with van der Waals surface area (Å²) in [6, 6.07) is 6.41. The van der Waals surface area contributed by atoms with Crippen molar-refractivity contribution in [1.29, 1.82) is 0 Å². The SMILES string of the molecule is CCC1CCCC1NC(C)c1ccc(C)c(F)c1. The lowest BCUT2D eigenvalue weighted by atomic mass is 9.98. The number of halogens is 1. The Hall–Kier alpha value is -0.890. The van der Waals surface area contributed by atoms with Gasteiger partial charge in [0.05, 0.1) is 0 Å². The molecule has 1 aliphatic carbocycles. The lowest BCUT2D eigenvalue weighted by Crippen LogP contribution is -2.34. The zero-order valence-corrected chi connectivity index (χ0v) is 11.7. The highest BCUT2D eigenvalue weighted by Gasteiger charge is 2.26. The fraction of sp³-hybridized carbons (Fsp3) is 0.625. The number of benzene rings is 1. The third-order valence-corrected chi connectivity index (χ3v) is 4.34. The topological polar surface area (TPSA) is 12.0 Å². The van der Waals surface area contributed by atoms with Crippen LogP contribution in [0.5, 0.6) is 0 Å². The second-order valence-corrected chi connectivity index (χ2v) is 5.60. The summed E-state index contributed by atoms with van der Waals surface area (Å²) in [7, 11) is 0. The first-order valence-corrected chi connectivity index (χ1v) is 7.14. The Morgan fingerprint density at radius 1 is 1.39 bits per heavy atom. The first-order chi connectivity index (χ1) is 8.61. The average molecular weight is 249 g/mol. The number of hydrogen-bond donors (Lipinski definition) is 1. The molecular weight excluding hydrogens is 225 g/mol. The third kappa shape index (κ3) is 2.92. The number of nitrogens with one attached hydrogen (secondary N) is 1. The van der Waals surface area contributed by atoms with Gasteiger partial charge in [-0.15, -0.1) is 0 Å².